The topological polar surface area (TPSA) is 18.5 Å². The molecule has 1 rings (SSSR count). The molecular weight excluding hydrogens is 222 g/mol. The van der Waals surface area contributed by atoms with E-state index in [1.165, 1.54) is 32.7 Å². The molecule has 0 bridgehead atoms. The van der Waals surface area contributed by atoms with Crippen molar-refractivity contribution < 1.29 is 0 Å². The molecule has 0 aromatic carbocycles. The Kier molecular flexibility index (Phi) is 6.09. The van der Waals surface area contributed by atoms with Crippen molar-refractivity contribution in [1.82, 2.24) is 15.1 Å². The van der Waals surface area contributed by atoms with Crippen LogP contribution < -0.4 is 5.32 Å². The molecule has 1 heterocycles. The lowest BCUT2D eigenvalue weighted by Gasteiger charge is -2.42. The summed E-state index contributed by atoms with van der Waals surface area (Å²) in [7, 11) is 0. The molecule has 0 aromatic rings. The van der Waals surface area contributed by atoms with Gasteiger partial charge in [-0.1, -0.05) is 20.8 Å². The summed E-state index contributed by atoms with van der Waals surface area (Å²) in [5.74, 6) is 0.744. The fraction of sp³-hybridized carbons (Fsp3) is 1.00. The van der Waals surface area contributed by atoms with Crippen molar-refractivity contribution in [1.29, 1.82) is 0 Å². The highest BCUT2D eigenvalue weighted by molar-refractivity contribution is 4.82. The predicted octanol–water partition coefficient (Wildman–Crippen LogP) is 2.04. The monoisotopic (exact) mass is 255 g/mol. The lowest BCUT2D eigenvalue weighted by Crippen LogP contribution is -2.54. The normalized spacial score (nSPS) is 21.5. The van der Waals surface area contributed by atoms with E-state index in [0.29, 0.717) is 11.6 Å². The summed E-state index contributed by atoms with van der Waals surface area (Å²) >= 11 is 0. The molecule has 0 radical (unpaired) electrons. The Bertz CT molecular complexity index is 224. The van der Waals surface area contributed by atoms with Gasteiger partial charge in [-0.3, -0.25) is 4.90 Å². The smallest absolute Gasteiger partial charge is 0.0126 e. The second-order valence-corrected chi connectivity index (χ2v) is 7.13. The third-order valence-electron chi connectivity index (χ3n) is 3.77. The van der Waals surface area contributed by atoms with Gasteiger partial charge < -0.3 is 10.2 Å². The predicted molar refractivity (Wildman–Crippen MR) is 80.1 cm³/mol. The van der Waals surface area contributed by atoms with E-state index >= 15 is 0 Å². The van der Waals surface area contributed by atoms with Crippen LogP contribution in [0, 0.1) is 5.92 Å². The van der Waals surface area contributed by atoms with E-state index < -0.39 is 0 Å². The molecule has 1 saturated heterocycles. The molecule has 0 spiro atoms. The van der Waals surface area contributed by atoms with Crippen LogP contribution in [0.15, 0.2) is 0 Å². The van der Waals surface area contributed by atoms with Crippen molar-refractivity contribution in [2.75, 3.05) is 39.3 Å². The lowest BCUT2D eigenvalue weighted by atomic mass is 10.0. The molecule has 1 unspecified atom stereocenters. The van der Waals surface area contributed by atoms with E-state index in [4.69, 9.17) is 0 Å². The fourth-order valence-electron chi connectivity index (χ4n) is 2.54. The summed E-state index contributed by atoms with van der Waals surface area (Å²) in [6, 6.07) is 0.602. The van der Waals surface area contributed by atoms with Gasteiger partial charge in [0.25, 0.3) is 0 Å². The molecule has 1 fully saturated rings. The van der Waals surface area contributed by atoms with Crippen LogP contribution in [0.25, 0.3) is 0 Å². The standard InChI is InChI=1S/C15H33N3/c1-13(2)16-11-14(3)12-17-7-9-18(10-8-17)15(4,5)6/h13-14,16H,7-12H2,1-6H3. The number of hydrogen-bond donors (Lipinski definition) is 1. The molecule has 18 heavy (non-hydrogen) atoms. The zero-order valence-electron chi connectivity index (χ0n) is 13.3. The number of piperazine rings is 1. The first-order valence-corrected chi connectivity index (χ1v) is 7.50. The van der Waals surface area contributed by atoms with Crippen molar-refractivity contribution in [3.05, 3.63) is 0 Å². The van der Waals surface area contributed by atoms with Crippen LogP contribution in [0.1, 0.15) is 41.5 Å². The maximum Gasteiger partial charge on any atom is 0.0126 e. The van der Waals surface area contributed by atoms with E-state index in [-0.39, 0.29) is 0 Å². The summed E-state index contributed by atoms with van der Waals surface area (Å²) < 4.78 is 0. The Hall–Kier alpha value is -0.120. The Morgan fingerprint density at radius 3 is 2.00 bits per heavy atom. The minimum Gasteiger partial charge on any atom is -0.314 e. The summed E-state index contributed by atoms with van der Waals surface area (Å²) in [4.78, 5) is 5.22. The van der Waals surface area contributed by atoms with Crippen LogP contribution in [-0.2, 0) is 0 Å². The van der Waals surface area contributed by atoms with Gasteiger partial charge >= 0.3 is 0 Å². The average molecular weight is 255 g/mol. The Labute approximate surface area is 114 Å². The molecule has 0 amide bonds. The first kappa shape index (κ1) is 15.9. The fourth-order valence-corrected chi connectivity index (χ4v) is 2.54. The van der Waals surface area contributed by atoms with Gasteiger partial charge in [-0.05, 0) is 33.2 Å². The summed E-state index contributed by atoms with van der Waals surface area (Å²) in [6.45, 7) is 21.0. The molecule has 3 nitrogen and oxygen atoms in total. The highest BCUT2D eigenvalue weighted by atomic mass is 15.3. The zero-order valence-corrected chi connectivity index (χ0v) is 13.3. The van der Waals surface area contributed by atoms with Gasteiger partial charge in [-0.25, -0.2) is 0 Å². The molecule has 1 atom stereocenters. The van der Waals surface area contributed by atoms with Crippen LogP contribution in [0.3, 0.4) is 0 Å². The first-order chi connectivity index (χ1) is 8.29. The molecule has 3 heteroatoms. The summed E-state index contributed by atoms with van der Waals surface area (Å²) in [5.41, 5.74) is 0.330. The van der Waals surface area contributed by atoms with Gasteiger partial charge in [0.05, 0.1) is 0 Å². The van der Waals surface area contributed by atoms with Crippen LogP contribution in [0.5, 0.6) is 0 Å². The number of rotatable bonds is 5. The van der Waals surface area contributed by atoms with E-state index in [0.717, 1.165) is 12.5 Å². The third kappa shape index (κ3) is 5.68. The van der Waals surface area contributed by atoms with Crippen LogP contribution in [-0.4, -0.2) is 60.6 Å². The zero-order chi connectivity index (χ0) is 13.8. The minimum atomic E-state index is 0.330. The Balaban J connectivity index is 2.23. The summed E-state index contributed by atoms with van der Waals surface area (Å²) in [6.07, 6.45) is 0. The molecule has 1 aliphatic rings. The third-order valence-corrected chi connectivity index (χ3v) is 3.77. The van der Waals surface area contributed by atoms with Crippen molar-refractivity contribution >= 4 is 0 Å². The van der Waals surface area contributed by atoms with E-state index in [2.05, 4.69) is 56.7 Å². The Morgan fingerprint density at radius 2 is 1.56 bits per heavy atom. The second-order valence-electron chi connectivity index (χ2n) is 7.13. The molecule has 0 aliphatic carbocycles. The summed E-state index contributed by atoms with van der Waals surface area (Å²) in [5, 5.41) is 3.53. The van der Waals surface area contributed by atoms with Gasteiger partial charge in [-0.15, -0.1) is 0 Å². The highest BCUT2D eigenvalue weighted by Crippen LogP contribution is 2.16. The Morgan fingerprint density at radius 1 is 1.00 bits per heavy atom. The molecular formula is C15H33N3. The van der Waals surface area contributed by atoms with Crippen LogP contribution >= 0.6 is 0 Å². The molecule has 0 saturated carbocycles. The van der Waals surface area contributed by atoms with Gasteiger partial charge in [0, 0.05) is 44.3 Å². The van der Waals surface area contributed by atoms with Crippen molar-refractivity contribution in [2.24, 2.45) is 5.92 Å². The van der Waals surface area contributed by atoms with Gasteiger partial charge in [0.15, 0.2) is 0 Å². The van der Waals surface area contributed by atoms with E-state index in [1.807, 2.05) is 0 Å². The van der Waals surface area contributed by atoms with Crippen molar-refractivity contribution in [2.45, 2.75) is 53.1 Å². The van der Waals surface area contributed by atoms with Crippen LogP contribution in [0.2, 0.25) is 0 Å². The maximum atomic E-state index is 3.53. The second kappa shape index (κ2) is 6.88. The molecule has 1 N–H and O–H groups in total. The quantitative estimate of drug-likeness (QED) is 0.811. The maximum absolute atomic E-state index is 3.53. The van der Waals surface area contributed by atoms with Crippen LogP contribution in [0.4, 0.5) is 0 Å². The van der Waals surface area contributed by atoms with E-state index in [9.17, 15) is 0 Å². The van der Waals surface area contributed by atoms with Gasteiger partial charge in [0.2, 0.25) is 0 Å². The minimum absolute atomic E-state index is 0.330. The average Bonchev–Trinajstić information content (AvgIpc) is 2.26. The van der Waals surface area contributed by atoms with Gasteiger partial charge in [-0.2, -0.15) is 0 Å². The SMILES string of the molecule is CC(CNC(C)C)CN1CCN(C(C)(C)C)CC1. The van der Waals surface area contributed by atoms with E-state index in [1.54, 1.807) is 0 Å². The van der Waals surface area contributed by atoms with Crippen molar-refractivity contribution in [3.8, 4) is 0 Å². The molecule has 108 valence electrons. The molecule has 0 aromatic heterocycles. The number of nitrogens with one attached hydrogen (secondary N) is 1. The molecule has 1 aliphatic heterocycles. The van der Waals surface area contributed by atoms with Gasteiger partial charge in [0.1, 0.15) is 0 Å². The highest BCUT2D eigenvalue weighted by Gasteiger charge is 2.26. The number of nitrogens with zero attached hydrogens (tertiary/aromatic N) is 2. The largest absolute Gasteiger partial charge is 0.314 e. The number of hydrogen-bond acceptors (Lipinski definition) is 3. The lowest BCUT2D eigenvalue weighted by molar-refractivity contribution is 0.0563. The first-order valence-electron chi connectivity index (χ1n) is 7.50. The van der Waals surface area contributed by atoms with Crippen molar-refractivity contribution in [3.63, 3.8) is 0 Å².